The minimum atomic E-state index is -0.612. The van der Waals surface area contributed by atoms with Gasteiger partial charge in [0.2, 0.25) is 0 Å². The van der Waals surface area contributed by atoms with Crippen molar-refractivity contribution in [1.82, 2.24) is 5.32 Å². The maximum absolute atomic E-state index is 11.9. The molecule has 3 aromatic rings. The standard InChI is InChI=1S/C16H13NO3/c1-2-17-15(18)13-9-12-11-6-4-3-5-10(11)7-8-14(12)20-16(13)19/h3-9H,2H2,1H3,(H,17,18). The van der Waals surface area contributed by atoms with E-state index >= 15 is 0 Å². The largest absolute Gasteiger partial charge is 0.422 e. The second-order valence-corrected chi connectivity index (χ2v) is 4.51. The minimum absolute atomic E-state index is 0.0377. The van der Waals surface area contributed by atoms with Gasteiger partial charge in [-0.2, -0.15) is 0 Å². The van der Waals surface area contributed by atoms with Crippen molar-refractivity contribution in [2.75, 3.05) is 6.54 Å². The lowest BCUT2D eigenvalue weighted by atomic mass is 10.0. The third kappa shape index (κ3) is 1.95. The summed E-state index contributed by atoms with van der Waals surface area (Å²) in [6, 6.07) is 13.0. The zero-order valence-corrected chi connectivity index (χ0v) is 11.0. The van der Waals surface area contributed by atoms with Gasteiger partial charge in [-0.1, -0.05) is 30.3 Å². The van der Waals surface area contributed by atoms with Crippen LogP contribution in [0.2, 0.25) is 0 Å². The predicted octanol–water partition coefficient (Wildman–Crippen LogP) is 2.70. The molecule has 1 heterocycles. The molecular formula is C16H13NO3. The lowest BCUT2D eigenvalue weighted by Gasteiger charge is -2.05. The Morgan fingerprint density at radius 2 is 1.95 bits per heavy atom. The molecule has 100 valence electrons. The summed E-state index contributed by atoms with van der Waals surface area (Å²) < 4.78 is 5.25. The van der Waals surface area contributed by atoms with E-state index in [9.17, 15) is 9.59 Å². The summed E-state index contributed by atoms with van der Waals surface area (Å²) in [4.78, 5) is 23.7. The molecule has 2 aromatic carbocycles. The van der Waals surface area contributed by atoms with E-state index in [1.807, 2.05) is 30.3 Å². The molecule has 0 radical (unpaired) electrons. The summed E-state index contributed by atoms with van der Waals surface area (Å²) in [5, 5.41) is 5.38. The van der Waals surface area contributed by atoms with Crippen LogP contribution in [0.15, 0.2) is 51.7 Å². The maximum Gasteiger partial charge on any atom is 0.349 e. The average Bonchev–Trinajstić information content (AvgIpc) is 2.46. The Labute approximate surface area is 115 Å². The lowest BCUT2D eigenvalue weighted by molar-refractivity contribution is 0.0952. The molecule has 0 fully saturated rings. The minimum Gasteiger partial charge on any atom is -0.422 e. The first-order chi connectivity index (χ1) is 9.70. The summed E-state index contributed by atoms with van der Waals surface area (Å²) in [5.41, 5.74) is -0.0869. The third-order valence-corrected chi connectivity index (χ3v) is 3.22. The van der Waals surface area contributed by atoms with Gasteiger partial charge in [0, 0.05) is 11.9 Å². The van der Waals surface area contributed by atoms with Crippen LogP contribution in [0.1, 0.15) is 17.3 Å². The van der Waals surface area contributed by atoms with Gasteiger partial charge >= 0.3 is 5.63 Å². The van der Waals surface area contributed by atoms with Crippen LogP contribution in [-0.4, -0.2) is 12.5 Å². The van der Waals surface area contributed by atoms with Gasteiger partial charge in [-0.3, -0.25) is 4.79 Å². The van der Waals surface area contributed by atoms with Crippen LogP contribution in [0.25, 0.3) is 21.7 Å². The third-order valence-electron chi connectivity index (χ3n) is 3.22. The Morgan fingerprint density at radius 1 is 1.15 bits per heavy atom. The summed E-state index contributed by atoms with van der Waals surface area (Å²) >= 11 is 0. The first-order valence-corrected chi connectivity index (χ1v) is 6.44. The molecule has 0 unspecified atom stereocenters. The van der Waals surface area contributed by atoms with Crippen molar-refractivity contribution in [3.63, 3.8) is 0 Å². The fourth-order valence-corrected chi connectivity index (χ4v) is 2.29. The molecule has 0 spiro atoms. The van der Waals surface area contributed by atoms with Crippen LogP contribution in [0, 0.1) is 0 Å². The zero-order valence-electron chi connectivity index (χ0n) is 11.0. The molecule has 0 aliphatic carbocycles. The number of rotatable bonds is 2. The quantitative estimate of drug-likeness (QED) is 0.573. The smallest absolute Gasteiger partial charge is 0.349 e. The number of fused-ring (bicyclic) bond motifs is 3. The highest BCUT2D eigenvalue weighted by molar-refractivity contribution is 6.07. The molecule has 0 aliphatic rings. The van der Waals surface area contributed by atoms with Crippen molar-refractivity contribution < 1.29 is 9.21 Å². The molecule has 0 saturated carbocycles. The molecule has 0 bridgehead atoms. The van der Waals surface area contributed by atoms with Gasteiger partial charge in [0.25, 0.3) is 5.91 Å². The normalized spacial score (nSPS) is 10.8. The SMILES string of the molecule is CCNC(=O)c1cc2c(ccc3ccccc32)oc1=O. The van der Waals surface area contributed by atoms with E-state index in [-0.39, 0.29) is 5.56 Å². The summed E-state index contributed by atoms with van der Waals surface area (Å²) in [5.74, 6) is -0.406. The Bertz CT molecular complexity index is 864. The number of carbonyl (C=O) groups is 1. The molecule has 1 aromatic heterocycles. The molecule has 0 saturated heterocycles. The van der Waals surface area contributed by atoms with E-state index in [1.165, 1.54) is 0 Å². The first-order valence-electron chi connectivity index (χ1n) is 6.44. The van der Waals surface area contributed by atoms with Gasteiger partial charge in [-0.15, -0.1) is 0 Å². The molecule has 1 N–H and O–H groups in total. The van der Waals surface area contributed by atoms with Crippen LogP contribution in [0.4, 0.5) is 0 Å². The van der Waals surface area contributed by atoms with E-state index in [4.69, 9.17) is 4.42 Å². The number of hydrogen-bond acceptors (Lipinski definition) is 3. The molecule has 1 amide bonds. The number of carbonyl (C=O) groups excluding carboxylic acids is 1. The van der Waals surface area contributed by atoms with Gasteiger partial charge < -0.3 is 9.73 Å². The maximum atomic E-state index is 11.9. The van der Waals surface area contributed by atoms with E-state index in [0.717, 1.165) is 16.2 Å². The fraction of sp³-hybridized carbons (Fsp3) is 0.125. The summed E-state index contributed by atoms with van der Waals surface area (Å²) in [7, 11) is 0. The van der Waals surface area contributed by atoms with Crippen molar-refractivity contribution >= 4 is 27.6 Å². The molecule has 4 heteroatoms. The Hall–Kier alpha value is -2.62. The summed E-state index contributed by atoms with van der Waals surface area (Å²) in [6.07, 6.45) is 0. The lowest BCUT2D eigenvalue weighted by Crippen LogP contribution is -2.27. The fourth-order valence-electron chi connectivity index (χ4n) is 2.29. The van der Waals surface area contributed by atoms with Gasteiger partial charge in [0.15, 0.2) is 0 Å². The number of nitrogens with one attached hydrogen (secondary N) is 1. The van der Waals surface area contributed by atoms with Crippen molar-refractivity contribution in [2.45, 2.75) is 6.92 Å². The van der Waals surface area contributed by atoms with Gasteiger partial charge in [-0.25, -0.2) is 4.79 Å². The van der Waals surface area contributed by atoms with Crippen LogP contribution in [0.3, 0.4) is 0 Å². The van der Waals surface area contributed by atoms with Crippen molar-refractivity contribution in [3.8, 4) is 0 Å². The van der Waals surface area contributed by atoms with Gasteiger partial charge in [0.1, 0.15) is 11.1 Å². The van der Waals surface area contributed by atoms with E-state index in [2.05, 4.69) is 5.32 Å². The van der Waals surface area contributed by atoms with Crippen molar-refractivity contribution in [3.05, 3.63) is 58.4 Å². The molecule has 0 atom stereocenters. The topological polar surface area (TPSA) is 59.3 Å². The Morgan fingerprint density at radius 3 is 2.75 bits per heavy atom. The molecule has 4 nitrogen and oxygen atoms in total. The van der Waals surface area contributed by atoms with Crippen LogP contribution in [-0.2, 0) is 0 Å². The monoisotopic (exact) mass is 267 g/mol. The van der Waals surface area contributed by atoms with Crippen LogP contribution < -0.4 is 10.9 Å². The molecule has 0 aliphatic heterocycles. The Kier molecular flexibility index (Phi) is 2.99. The summed E-state index contributed by atoms with van der Waals surface area (Å²) in [6.45, 7) is 2.27. The number of hydrogen-bond donors (Lipinski definition) is 1. The second kappa shape index (κ2) is 4.81. The molecular weight excluding hydrogens is 254 g/mol. The van der Waals surface area contributed by atoms with Gasteiger partial charge in [-0.05, 0) is 29.8 Å². The second-order valence-electron chi connectivity index (χ2n) is 4.51. The molecule has 3 rings (SSSR count). The van der Waals surface area contributed by atoms with Gasteiger partial charge in [0.05, 0.1) is 0 Å². The van der Waals surface area contributed by atoms with Crippen molar-refractivity contribution in [1.29, 1.82) is 0 Å². The first kappa shape index (κ1) is 12.4. The van der Waals surface area contributed by atoms with E-state index in [1.54, 1.807) is 19.1 Å². The highest BCUT2D eigenvalue weighted by atomic mass is 16.4. The van der Waals surface area contributed by atoms with Crippen molar-refractivity contribution in [2.24, 2.45) is 0 Å². The highest BCUT2D eigenvalue weighted by Crippen LogP contribution is 2.24. The van der Waals surface area contributed by atoms with E-state index < -0.39 is 11.5 Å². The zero-order chi connectivity index (χ0) is 14.1. The predicted molar refractivity (Wildman–Crippen MR) is 78.0 cm³/mol. The highest BCUT2D eigenvalue weighted by Gasteiger charge is 2.13. The van der Waals surface area contributed by atoms with E-state index in [0.29, 0.717) is 12.1 Å². The average molecular weight is 267 g/mol. The number of amides is 1. The Balaban J connectivity index is 2.34. The molecule has 20 heavy (non-hydrogen) atoms. The number of benzene rings is 2. The van der Waals surface area contributed by atoms with Crippen LogP contribution >= 0.6 is 0 Å². The van der Waals surface area contributed by atoms with Crippen LogP contribution in [0.5, 0.6) is 0 Å².